The van der Waals surface area contributed by atoms with E-state index < -0.39 is 0 Å². The van der Waals surface area contributed by atoms with Gasteiger partial charge in [0.2, 0.25) is 29.7 Å². The molecule has 2 heterocycles. The molecule has 0 amide bonds. The van der Waals surface area contributed by atoms with Crippen LogP contribution in [0.5, 0.6) is 0 Å². The number of aliphatic hydroxyl groups is 1. The van der Waals surface area contributed by atoms with E-state index in [9.17, 15) is 5.11 Å². The Morgan fingerprint density at radius 2 is 1.21 bits per heavy atom. The average Bonchev–Trinajstić information content (AvgIpc) is 3.11. The Morgan fingerprint density at radius 1 is 0.679 bits per heavy atom. The average molecular weight is 718 g/mol. The fourth-order valence-electron chi connectivity index (χ4n) is 4.67. The molecule has 0 spiro atoms. The number of anilines is 10. The molecule has 16 heteroatoms. The van der Waals surface area contributed by atoms with Crippen molar-refractivity contribution in [1.82, 2.24) is 29.9 Å². The first-order chi connectivity index (χ1) is 25.6. The van der Waals surface area contributed by atoms with Crippen molar-refractivity contribution in [3.63, 3.8) is 0 Å². The third-order valence-electron chi connectivity index (χ3n) is 7.07. The zero-order valence-corrected chi connectivity index (χ0v) is 29.7. The van der Waals surface area contributed by atoms with E-state index in [0.29, 0.717) is 84.4 Å². The molecule has 0 fully saturated rings. The van der Waals surface area contributed by atoms with Gasteiger partial charge in [-0.1, -0.05) is 43.5 Å². The predicted molar refractivity (Wildman–Crippen MR) is 216 cm³/mol. The fourth-order valence-corrected chi connectivity index (χ4v) is 4.67. The van der Waals surface area contributed by atoms with Gasteiger partial charge in [0.05, 0.1) is 6.61 Å². The summed E-state index contributed by atoms with van der Waals surface area (Å²) >= 11 is 0. The van der Waals surface area contributed by atoms with Crippen molar-refractivity contribution in [2.45, 2.75) is 19.8 Å². The highest BCUT2D eigenvalue weighted by Gasteiger charge is 2.09. The Bertz CT molecular complexity index is 1970. The van der Waals surface area contributed by atoms with Crippen LogP contribution in [0, 0.1) is 6.92 Å². The molecular formula is C37H47N15O. The van der Waals surface area contributed by atoms with Crippen LogP contribution in [0.25, 0.3) is 0 Å². The van der Waals surface area contributed by atoms with Crippen molar-refractivity contribution in [2.24, 2.45) is 5.73 Å². The van der Waals surface area contributed by atoms with Crippen molar-refractivity contribution in [2.75, 3.05) is 70.0 Å². The lowest BCUT2D eigenvalue weighted by atomic mass is 10.1. The van der Waals surface area contributed by atoms with E-state index in [4.69, 9.17) is 22.9 Å². The van der Waals surface area contributed by atoms with Crippen molar-refractivity contribution in [3.8, 4) is 0 Å². The van der Waals surface area contributed by atoms with Crippen LogP contribution in [0.15, 0.2) is 109 Å². The van der Waals surface area contributed by atoms with Crippen LogP contribution in [0.4, 0.5) is 58.2 Å². The van der Waals surface area contributed by atoms with Crippen molar-refractivity contribution in [1.29, 1.82) is 0 Å². The van der Waals surface area contributed by atoms with Gasteiger partial charge in [-0.05, 0) is 85.5 Å². The largest absolute Gasteiger partial charge is 0.399 e. The molecule has 0 atom stereocenters. The highest BCUT2D eigenvalue weighted by molar-refractivity contribution is 5.61. The van der Waals surface area contributed by atoms with Gasteiger partial charge >= 0.3 is 0 Å². The highest BCUT2D eigenvalue weighted by atomic mass is 16.3. The van der Waals surface area contributed by atoms with Gasteiger partial charge in [0, 0.05) is 53.8 Å². The Morgan fingerprint density at radius 3 is 1.79 bits per heavy atom. The summed E-state index contributed by atoms with van der Waals surface area (Å²) in [7, 11) is 0. The summed E-state index contributed by atoms with van der Waals surface area (Å²) in [5.74, 6) is 2.58. The van der Waals surface area contributed by atoms with E-state index in [-0.39, 0.29) is 6.61 Å². The number of allylic oxidation sites excluding steroid dienone is 2. The van der Waals surface area contributed by atoms with Gasteiger partial charge < -0.3 is 54.6 Å². The van der Waals surface area contributed by atoms with Crippen LogP contribution in [0.1, 0.15) is 17.8 Å². The number of nitrogens with zero attached hydrogens (tertiary/aromatic N) is 6. The third kappa shape index (κ3) is 14.1. The normalized spacial score (nSPS) is 10.7. The van der Waals surface area contributed by atoms with E-state index >= 15 is 0 Å². The van der Waals surface area contributed by atoms with E-state index in [1.807, 2.05) is 49.4 Å². The van der Waals surface area contributed by atoms with Crippen LogP contribution >= 0.6 is 0 Å². The van der Waals surface area contributed by atoms with Crippen LogP contribution in [-0.2, 0) is 6.42 Å². The van der Waals surface area contributed by atoms with Gasteiger partial charge in [-0.2, -0.15) is 29.9 Å². The van der Waals surface area contributed by atoms with Crippen molar-refractivity contribution in [3.05, 3.63) is 121 Å². The lowest BCUT2D eigenvalue weighted by Crippen LogP contribution is -2.14. The summed E-state index contributed by atoms with van der Waals surface area (Å²) in [6.45, 7) is 10.8. The van der Waals surface area contributed by atoms with Gasteiger partial charge in [-0.25, -0.2) is 0 Å². The lowest BCUT2D eigenvalue weighted by molar-refractivity contribution is 0.311. The Balaban J connectivity index is 0.000000692. The number of nitrogens with one attached hydrogen (secondary N) is 5. The van der Waals surface area contributed by atoms with Crippen molar-refractivity contribution < 1.29 is 5.11 Å². The minimum absolute atomic E-state index is 0.0520. The minimum atomic E-state index is -0.0520. The molecule has 0 aliphatic heterocycles. The van der Waals surface area contributed by atoms with Gasteiger partial charge in [-0.3, -0.25) is 0 Å². The van der Waals surface area contributed by atoms with Crippen LogP contribution in [-0.4, -0.2) is 61.3 Å². The number of rotatable bonds is 17. The molecule has 0 aliphatic carbocycles. The second-order valence-corrected chi connectivity index (χ2v) is 11.6. The number of aryl methyl sites for hydroxylation is 1. The number of aromatic nitrogens is 6. The molecule has 0 saturated carbocycles. The van der Waals surface area contributed by atoms with Gasteiger partial charge in [-0.15, -0.1) is 0 Å². The molecular weight excluding hydrogens is 671 g/mol. The molecule has 5 rings (SSSR count). The zero-order chi connectivity index (χ0) is 38.0. The molecule has 5 aromatic rings. The number of hydrogen-bond donors (Lipinski definition) is 10. The van der Waals surface area contributed by atoms with E-state index in [1.165, 1.54) is 0 Å². The fraction of sp³-hybridized carbons (Fsp3) is 0.189. The predicted octanol–water partition coefficient (Wildman–Crippen LogP) is 4.73. The van der Waals surface area contributed by atoms with Gasteiger partial charge in [0.25, 0.3) is 0 Å². The molecule has 0 aliphatic rings. The topological polar surface area (TPSA) is 262 Å². The molecule has 0 bridgehead atoms. The lowest BCUT2D eigenvalue weighted by Gasteiger charge is -2.12. The first-order valence-electron chi connectivity index (χ1n) is 16.8. The zero-order valence-electron chi connectivity index (χ0n) is 29.7. The minimum Gasteiger partial charge on any atom is -0.399 e. The van der Waals surface area contributed by atoms with Crippen LogP contribution in [0.2, 0.25) is 0 Å². The summed E-state index contributed by atoms with van der Waals surface area (Å²) < 4.78 is 0. The highest BCUT2D eigenvalue weighted by Crippen LogP contribution is 2.19. The third-order valence-corrected chi connectivity index (χ3v) is 7.07. The Kier molecular flexibility index (Phi) is 14.7. The Hall–Kier alpha value is -6.94. The second-order valence-electron chi connectivity index (χ2n) is 11.6. The standard InChI is InChI=1S/C31H39N13O.C6H8N2/c1-4-22(18-20(2)32)12-14-34-27-37-21(3)38-30(42-27)39-25-10-8-23(9-11-25)13-15-35-28-41-29(36-16-17-45)44-31(43-28)40-26-7-5-6-24(33)19-26;7-5-2-1-3-6(8)4-5/h4-11,18-19,45H,1-2,12-17,32-33H2,3H3,(H2,34,37,38,39,42)(H3,35,36,40,41,43,44);1-4H,7-8H2/b22-18+;. The molecule has 276 valence electrons. The maximum atomic E-state index is 9.20. The number of aliphatic hydroxyl groups excluding tert-OH is 1. The quantitative estimate of drug-likeness (QED) is 0.0460. The molecule has 0 radical (unpaired) electrons. The summed E-state index contributed by atoms with van der Waals surface area (Å²) in [4.78, 5) is 26.5. The van der Waals surface area contributed by atoms with Crippen LogP contribution < -0.4 is 49.5 Å². The number of nitrogens with two attached hydrogens (primary N) is 4. The summed E-state index contributed by atoms with van der Waals surface area (Å²) in [5, 5.41) is 25.0. The van der Waals surface area contributed by atoms with E-state index in [2.05, 4.69) is 69.6 Å². The molecule has 3 aromatic carbocycles. The van der Waals surface area contributed by atoms with E-state index in [0.717, 1.165) is 28.9 Å². The Labute approximate surface area is 309 Å². The number of benzene rings is 3. The number of nitrogen functional groups attached to an aromatic ring is 3. The maximum Gasteiger partial charge on any atom is 0.233 e. The van der Waals surface area contributed by atoms with E-state index in [1.54, 1.807) is 42.5 Å². The monoisotopic (exact) mass is 717 g/mol. The first-order valence-corrected chi connectivity index (χ1v) is 16.8. The summed E-state index contributed by atoms with van der Waals surface area (Å²) in [6.07, 6.45) is 4.96. The van der Waals surface area contributed by atoms with Gasteiger partial charge in [0.1, 0.15) is 5.82 Å². The summed E-state index contributed by atoms with van der Waals surface area (Å²) in [5.41, 5.74) is 28.5. The molecule has 0 saturated heterocycles. The van der Waals surface area contributed by atoms with Crippen LogP contribution in [0.3, 0.4) is 0 Å². The first kappa shape index (κ1) is 38.9. The number of hydrogen-bond acceptors (Lipinski definition) is 16. The molecule has 2 aromatic heterocycles. The smallest absolute Gasteiger partial charge is 0.233 e. The van der Waals surface area contributed by atoms with Gasteiger partial charge in [0.15, 0.2) is 0 Å². The maximum absolute atomic E-state index is 9.20. The molecule has 53 heavy (non-hydrogen) atoms. The summed E-state index contributed by atoms with van der Waals surface area (Å²) in [6, 6.07) is 22.4. The SMILES string of the molecule is C=C/C(=C\C(=C)N)CCNc1nc(C)nc(Nc2ccc(CCNc3nc(NCCO)nc(Nc4cccc(N)c4)n3)cc2)n1.Nc1cccc(N)c1. The molecule has 16 nitrogen and oxygen atoms in total. The van der Waals surface area contributed by atoms with Crippen molar-refractivity contribution >= 4 is 58.2 Å². The molecule has 0 unspecified atom stereocenters. The molecule has 14 N–H and O–H groups in total. The second kappa shape index (κ2) is 20.0.